The van der Waals surface area contributed by atoms with Gasteiger partial charge in [0.25, 0.3) is 0 Å². The zero-order chi connectivity index (χ0) is 12.8. The molecule has 0 N–H and O–H groups in total. The summed E-state index contributed by atoms with van der Waals surface area (Å²) in [6.45, 7) is 3.80. The molecule has 0 aliphatic carbocycles. The quantitative estimate of drug-likeness (QED) is 0.773. The Morgan fingerprint density at radius 2 is 2.16 bits per heavy atom. The van der Waals surface area contributed by atoms with Gasteiger partial charge in [-0.2, -0.15) is 0 Å². The lowest BCUT2D eigenvalue weighted by Crippen LogP contribution is -2.40. The van der Waals surface area contributed by atoms with E-state index < -0.39 is 0 Å². The van der Waals surface area contributed by atoms with Crippen LogP contribution in [0, 0.1) is 0 Å². The SMILES string of the molecule is O=C1OC(CN2CCCC2)Cn2c1cc1occc12. The number of nitrogens with zero attached hydrogens (tertiary/aromatic N) is 2. The van der Waals surface area contributed by atoms with E-state index in [1.54, 1.807) is 12.3 Å². The van der Waals surface area contributed by atoms with Gasteiger partial charge in [-0.25, -0.2) is 4.79 Å². The first-order chi connectivity index (χ1) is 9.31. The van der Waals surface area contributed by atoms with Crippen molar-refractivity contribution in [1.82, 2.24) is 9.47 Å². The maximum Gasteiger partial charge on any atom is 0.355 e. The number of hydrogen-bond acceptors (Lipinski definition) is 4. The molecule has 0 aromatic carbocycles. The van der Waals surface area contributed by atoms with Crippen molar-refractivity contribution >= 4 is 17.1 Å². The van der Waals surface area contributed by atoms with Crippen LogP contribution in [0.3, 0.4) is 0 Å². The van der Waals surface area contributed by atoms with Crippen molar-refractivity contribution in [3.8, 4) is 0 Å². The first kappa shape index (κ1) is 11.1. The van der Waals surface area contributed by atoms with Crippen molar-refractivity contribution < 1.29 is 13.9 Å². The Labute approximate surface area is 110 Å². The molecule has 2 aromatic heterocycles. The second-order valence-electron chi connectivity index (χ2n) is 5.35. The molecule has 4 heterocycles. The van der Waals surface area contributed by atoms with E-state index in [-0.39, 0.29) is 12.1 Å². The molecule has 2 aliphatic heterocycles. The van der Waals surface area contributed by atoms with Crippen LogP contribution in [0.4, 0.5) is 0 Å². The molecule has 19 heavy (non-hydrogen) atoms. The molecule has 5 nitrogen and oxygen atoms in total. The fourth-order valence-corrected chi connectivity index (χ4v) is 3.14. The number of esters is 1. The number of likely N-dealkylation sites (tertiary alicyclic amines) is 1. The summed E-state index contributed by atoms with van der Waals surface area (Å²) in [6, 6.07) is 3.67. The van der Waals surface area contributed by atoms with Crippen LogP contribution in [-0.4, -0.2) is 41.2 Å². The summed E-state index contributed by atoms with van der Waals surface area (Å²) < 4.78 is 12.9. The minimum absolute atomic E-state index is 0.0522. The van der Waals surface area contributed by atoms with E-state index in [0.29, 0.717) is 5.69 Å². The molecule has 2 aromatic rings. The average molecular weight is 260 g/mol. The number of aromatic nitrogens is 1. The number of hydrogen-bond donors (Lipinski definition) is 0. The summed E-state index contributed by atoms with van der Waals surface area (Å²) in [6.07, 6.45) is 4.11. The molecule has 1 unspecified atom stereocenters. The Morgan fingerprint density at radius 1 is 1.32 bits per heavy atom. The molecule has 0 spiro atoms. The second-order valence-corrected chi connectivity index (χ2v) is 5.35. The standard InChI is InChI=1S/C14H16N2O3/c17-14-12-7-13-11(3-6-18-13)16(12)9-10(19-14)8-15-4-1-2-5-15/h3,6-7,10H,1-2,4-5,8-9H2. The van der Waals surface area contributed by atoms with Crippen LogP contribution in [0.1, 0.15) is 23.3 Å². The monoisotopic (exact) mass is 260 g/mol. The van der Waals surface area contributed by atoms with Gasteiger partial charge in [-0.05, 0) is 25.9 Å². The van der Waals surface area contributed by atoms with E-state index in [2.05, 4.69) is 4.90 Å². The van der Waals surface area contributed by atoms with E-state index in [9.17, 15) is 4.79 Å². The van der Waals surface area contributed by atoms with E-state index in [1.165, 1.54) is 12.8 Å². The number of cyclic esters (lactones) is 1. The molecule has 2 aliphatic rings. The smallest absolute Gasteiger partial charge is 0.355 e. The maximum atomic E-state index is 12.0. The summed E-state index contributed by atoms with van der Waals surface area (Å²) in [5, 5.41) is 0. The van der Waals surface area contributed by atoms with Crippen molar-refractivity contribution in [2.24, 2.45) is 0 Å². The number of rotatable bonds is 2. The highest BCUT2D eigenvalue weighted by molar-refractivity contribution is 5.94. The fraction of sp³-hybridized carbons (Fsp3) is 0.500. The van der Waals surface area contributed by atoms with Gasteiger partial charge in [0.2, 0.25) is 0 Å². The molecule has 100 valence electrons. The number of fused-ring (bicyclic) bond motifs is 3. The van der Waals surface area contributed by atoms with Gasteiger partial charge in [0, 0.05) is 18.7 Å². The predicted molar refractivity (Wildman–Crippen MR) is 69.1 cm³/mol. The largest absolute Gasteiger partial charge is 0.463 e. The topological polar surface area (TPSA) is 47.6 Å². The van der Waals surface area contributed by atoms with Crippen LogP contribution in [0.15, 0.2) is 22.8 Å². The first-order valence-corrected chi connectivity index (χ1v) is 6.81. The van der Waals surface area contributed by atoms with E-state index in [1.807, 2.05) is 10.6 Å². The Balaban J connectivity index is 1.62. The molecular weight excluding hydrogens is 244 g/mol. The molecule has 0 bridgehead atoms. The Morgan fingerprint density at radius 3 is 3.00 bits per heavy atom. The van der Waals surface area contributed by atoms with E-state index in [0.717, 1.165) is 37.3 Å². The van der Waals surface area contributed by atoms with Crippen LogP contribution in [0.25, 0.3) is 11.1 Å². The second kappa shape index (κ2) is 4.13. The minimum atomic E-state index is -0.234. The third kappa shape index (κ3) is 1.76. The van der Waals surface area contributed by atoms with Gasteiger partial charge >= 0.3 is 5.97 Å². The maximum absolute atomic E-state index is 12.0. The van der Waals surface area contributed by atoms with E-state index >= 15 is 0 Å². The zero-order valence-corrected chi connectivity index (χ0v) is 10.7. The van der Waals surface area contributed by atoms with Crippen LogP contribution in [0.5, 0.6) is 0 Å². The third-order valence-corrected chi connectivity index (χ3v) is 4.05. The molecule has 5 heteroatoms. The van der Waals surface area contributed by atoms with Crippen molar-refractivity contribution in [2.45, 2.75) is 25.5 Å². The van der Waals surface area contributed by atoms with Gasteiger partial charge in [-0.15, -0.1) is 0 Å². The zero-order valence-electron chi connectivity index (χ0n) is 10.7. The highest BCUT2D eigenvalue weighted by atomic mass is 16.5. The Hall–Kier alpha value is -1.75. The van der Waals surface area contributed by atoms with Crippen molar-refractivity contribution in [1.29, 1.82) is 0 Å². The van der Waals surface area contributed by atoms with Gasteiger partial charge in [-0.3, -0.25) is 4.90 Å². The van der Waals surface area contributed by atoms with E-state index in [4.69, 9.17) is 9.15 Å². The minimum Gasteiger partial charge on any atom is -0.463 e. The fourth-order valence-electron chi connectivity index (χ4n) is 3.14. The molecule has 1 fully saturated rings. The summed E-state index contributed by atoms with van der Waals surface area (Å²) in [5.41, 5.74) is 2.35. The lowest BCUT2D eigenvalue weighted by Gasteiger charge is -2.28. The van der Waals surface area contributed by atoms with Gasteiger partial charge in [0.05, 0.1) is 18.3 Å². The Kier molecular flexibility index (Phi) is 2.41. The van der Waals surface area contributed by atoms with Crippen molar-refractivity contribution in [3.05, 3.63) is 24.1 Å². The highest BCUT2D eigenvalue weighted by Crippen LogP contribution is 2.26. The third-order valence-electron chi connectivity index (χ3n) is 4.05. The van der Waals surface area contributed by atoms with Gasteiger partial charge in [0.15, 0.2) is 5.58 Å². The molecule has 0 amide bonds. The summed E-state index contributed by atoms with van der Waals surface area (Å²) in [5.74, 6) is -0.234. The molecule has 1 saturated heterocycles. The van der Waals surface area contributed by atoms with Crippen molar-refractivity contribution in [2.75, 3.05) is 19.6 Å². The van der Waals surface area contributed by atoms with Crippen LogP contribution < -0.4 is 0 Å². The lowest BCUT2D eigenvalue weighted by atomic mass is 10.2. The van der Waals surface area contributed by atoms with Gasteiger partial charge in [-0.1, -0.05) is 0 Å². The van der Waals surface area contributed by atoms with Crippen LogP contribution in [-0.2, 0) is 11.3 Å². The highest BCUT2D eigenvalue weighted by Gasteiger charge is 2.30. The molecule has 4 rings (SSSR count). The number of carbonyl (C=O) groups is 1. The van der Waals surface area contributed by atoms with Crippen LogP contribution in [0.2, 0.25) is 0 Å². The number of carbonyl (C=O) groups excluding carboxylic acids is 1. The first-order valence-electron chi connectivity index (χ1n) is 6.81. The number of furan rings is 1. The van der Waals surface area contributed by atoms with Crippen molar-refractivity contribution in [3.63, 3.8) is 0 Å². The summed E-state index contributed by atoms with van der Waals surface area (Å²) in [4.78, 5) is 14.4. The van der Waals surface area contributed by atoms with Gasteiger partial charge in [0.1, 0.15) is 11.8 Å². The molecule has 0 saturated carbocycles. The average Bonchev–Trinajstić information content (AvgIpc) is 3.06. The normalized spacial score (nSPS) is 23.8. The molecule has 0 radical (unpaired) electrons. The lowest BCUT2D eigenvalue weighted by molar-refractivity contribution is 0.00809. The molecule has 1 atom stereocenters. The van der Waals surface area contributed by atoms with Crippen LogP contribution >= 0.6 is 0 Å². The summed E-state index contributed by atoms with van der Waals surface area (Å²) >= 11 is 0. The van der Waals surface area contributed by atoms with Gasteiger partial charge < -0.3 is 13.7 Å². The Bertz CT molecular complexity index is 622. The number of ether oxygens (including phenoxy) is 1. The predicted octanol–water partition coefficient (Wildman–Crippen LogP) is 1.87. The summed E-state index contributed by atoms with van der Waals surface area (Å²) in [7, 11) is 0. The molecular formula is C14H16N2O3.